The number of hydrogen-bond donors (Lipinski definition) is 2. The second-order valence-electron chi connectivity index (χ2n) is 3.62. The smallest absolute Gasteiger partial charge is 0.304 e. The summed E-state index contributed by atoms with van der Waals surface area (Å²) in [5.41, 5.74) is 1.01. The Labute approximate surface area is 107 Å². The third kappa shape index (κ3) is 3.10. The van der Waals surface area contributed by atoms with Gasteiger partial charge < -0.3 is 19.9 Å². The molecule has 0 aliphatic carbocycles. The SMILES string of the molecule is O=C(O)CCNCc1cc2c(cc1Br)OCO2. The highest BCUT2D eigenvalue weighted by Crippen LogP contribution is 2.36. The van der Waals surface area contributed by atoms with Gasteiger partial charge in [0.25, 0.3) is 0 Å². The van der Waals surface area contributed by atoms with E-state index in [-0.39, 0.29) is 13.2 Å². The van der Waals surface area contributed by atoms with Crippen LogP contribution in [0.4, 0.5) is 0 Å². The molecule has 0 unspecified atom stereocenters. The fraction of sp³-hybridized carbons (Fsp3) is 0.364. The molecule has 0 radical (unpaired) electrons. The number of nitrogens with one attached hydrogen (secondary N) is 1. The van der Waals surface area contributed by atoms with Gasteiger partial charge in [-0.15, -0.1) is 0 Å². The van der Waals surface area contributed by atoms with Crippen LogP contribution in [0.2, 0.25) is 0 Å². The minimum atomic E-state index is -0.803. The number of rotatable bonds is 5. The van der Waals surface area contributed by atoms with Crippen LogP contribution < -0.4 is 14.8 Å². The van der Waals surface area contributed by atoms with E-state index in [4.69, 9.17) is 14.6 Å². The molecule has 6 heteroatoms. The number of carboxylic acid groups (broad SMARTS) is 1. The van der Waals surface area contributed by atoms with Gasteiger partial charge in [-0.3, -0.25) is 4.79 Å². The summed E-state index contributed by atoms with van der Waals surface area (Å²) in [7, 11) is 0. The normalized spacial score (nSPS) is 12.8. The Morgan fingerprint density at radius 2 is 2.12 bits per heavy atom. The minimum Gasteiger partial charge on any atom is -0.481 e. The maximum Gasteiger partial charge on any atom is 0.304 e. The van der Waals surface area contributed by atoms with Gasteiger partial charge in [-0.05, 0) is 17.7 Å². The van der Waals surface area contributed by atoms with Crippen LogP contribution in [0, 0.1) is 0 Å². The summed E-state index contributed by atoms with van der Waals surface area (Å²) in [6.45, 7) is 1.28. The lowest BCUT2D eigenvalue weighted by molar-refractivity contribution is -0.136. The molecular weight excluding hydrogens is 290 g/mol. The van der Waals surface area contributed by atoms with Crippen LogP contribution >= 0.6 is 15.9 Å². The van der Waals surface area contributed by atoms with Crippen LogP contribution in [-0.2, 0) is 11.3 Å². The molecule has 17 heavy (non-hydrogen) atoms. The molecule has 0 bridgehead atoms. The van der Waals surface area contributed by atoms with E-state index in [1.165, 1.54) is 0 Å². The molecule has 2 N–H and O–H groups in total. The summed E-state index contributed by atoms with van der Waals surface area (Å²) in [6.07, 6.45) is 0.113. The van der Waals surface area contributed by atoms with E-state index >= 15 is 0 Å². The van der Waals surface area contributed by atoms with Gasteiger partial charge in [-0.25, -0.2) is 0 Å². The maximum atomic E-state index is 10.3. The molecule has 0 saturated heterocycles. The predicted octanol–water partition coefficient (Wildman–Crippen LogP) is 1.74. The van der Waals surface area contributed by atoms with Crippen molar-refractivity contribution in [3.8, 4) is 11.5 Å². The summed E-state index contributed by atoms with van der Waals surface area (Å²) >= 11 is 3.44. The summed E-state index contributed by atoms with van der Waals surface area (Å²) < 4.78 is 11.4. The van der Waals surface area contributed by atoms with E-state index in [1.54, 1.807) is 0 Å². The number of ether oxygens (including phenoxy) is 2. The molecule has 0 fully saturated rings. The van der Waals surface area contributed by atoms with Gasteiger partial charge in [-0.1, -0.05) is 15.9 Å². The lowest BCUT2D eigenvalue weighted by Gasteiger charge is -2.07. The van der Waals surface area contributed by atoms with Crippen LogP contribution in [0.3, 0.4) is 0 Å². The molecule has 1 heterocycles. The van der Waals surface area contributed by atoms with Crippen molar-refractivity contribution in [3.63, 3.8) is 0 Å². The molecule has 2 rings (SSSR count). The molecule has 92 valence electrons. The van der Waals surface area contributed by atoms with E-state index in [2.05, 4.69) is 21.2 Å². The van der Waals surface area contributed by atoms with Gasteiger partial charge in [0, 0.05) is 17.6 Å². The Bertz CT molecular complexity index is 436. The second kappa shape index (κ2) is 5.37. The molecule has 1 aromatic carbocycles. The Hall–Kier alpha value is -1.27. The zero-order valence-corrected chi connectivity index (χ0v) is 10.6. The second-order valence-corrected chi connectivity index (χ2v) is 4.47. The third-order valence-electron chi connectivity index (χ3n) is 2.37. The van der Waals surface area contributed by atoms with E-state index < -0.39 is 5.97 Å². The molecule has 1 aliphatic heterocycles. The quantitative estimate of drug-likeness (QED) is 0.811. The summed E-state index contributed by atoms with van der Waals surface area (Å²) in [5.74, 6) is 0.650. The number of aliphatic carboxylic acids is 1. The average Bonchev–Trinajstić information content (AvgIpc) is 2.71. The highest BCUT2D eigenvalue weighted by atomic mass is 79.9. The monoisotopic (exact) mass is 301 g/mol. The zero-order valence-electron chi connectivity index (χ0n) is 9.03. The topological polar surface area (TPSA) is 67.8 Å². The van der Waals surface area contributed by atoms with Gasteiger partial charge in [0.15, 0.2) is 11.5 Å². The standard InChI is InChI=1S/C11H12BrNO4/c12-8-4-10-9(16-6-17-10)3-7(8)5-13-2-1-11(14)15/h3-4,13H,1-2,5-6H2,(H,14,15). The van der Waals surface area contributed by atoms with Crippen molar-refractivity contribution in [2.45, 2.75) is 13.0 Å². The van der Waals surface area contributed by atoms with Gasteiger partial charge in [0.1, 0.15) is 0 Å². The van der Waals surface area contributed by atoms with Gasteiger partial charge in [0.05, 0.1) is 6.42 Å². The largest absolute Gasteiger partial charge is 0.481 e. The number of halogens is 1. The highest BCUT2D eigenvalue weighted by molar-refractivity contribution is 9.10. The number of fused-ring (bicyclic) bond motifs is 1. The van der Waals surface area contributed by atoms with Crippen molar-refractivity contribution in [3.05, 3.63) is 22.2 Å². The van der Waals surface area contributed by atoms with Crippen LogP contribution in [0.5, 0.6) is 11.5 Å². The van der Waals surface area contributed by atoms with Crippen LogP contribution in [0.1, 0.15) is 12.0 Å². The Kier molecular flexibility index (Phi) is 3.86. The number of carbonyl (C=O) groups is 1. The molecule has 1 aromatic rings. The molecular formula is C11H12BrNO4. The van der Waals surface area contributed by atoms with E-state index in [0.29, 0.717) is 13.1 Å². The highest BCUT2D eigenvalue weighted by Gasteiger charge is 2.15. The first-order valence-electron chi connectivity index (χ1n) is 5.17. The van der Waals surface area contributed by atoms with Gasteiger partial charge >= 0.3 is 5.97 Å². The summed E-state index contributed by atoms with van der Waals surface area (Å²) in [5, 5.41) is 11.6. The number of benzene rings is 1. The molecule has 5 nitrogen and oxygen atoms in total. The van der Waals surface area contributed by atoms with Crippen LogP contribution in [0.15, 0.2) is 16.6 Å². The Morgan fingerprint density at radius 1 is 1.41 bits per heavy atom. The molecule has 1 aliphatic rings. The van der Waals surface area contributed by atoms with Crippen LogP contribution in [-0.4, -0.2) is 24.4 Å². The molecule has 0 saturated carbocycles. The molecule has 0 amide bonds. The van der Waals surface area contributed by atoms with Crippen molar-refractivity contribution in [1.29, 1.82) is 0 Å². The first-order valence-corrected chi connectivity index (χ1v) is 5.96. The van der Waals surface area contributed by atoms with Crippen molar-refractivity contribution in [2.75, 3.05) is 13.3 Å². The van der Waals surface area contributed by atoms with E-state index in [9.17, 15) is 4.79 Å². The number of hydrogen-bond acceptors (Lipinski definition) is 4. The van der Waals surface area contributed by atoms with Gasteiger partial charge in [-0.2, -0.15) is 0 Å². The predicted molar refractivity (Wildman–Crippen MR) is 64.2 cm³/mol. The fourth-order valence-corrected chi connectivity index (χ4v) is 1.98. The molecule has 0 aromatic heterocycles. The number of carboxylic acids is 1. The molecule has 0 atom stereocenters. The maximum absolute atomic E-state index is 10.3. The van der Waals surface area contributed by atoms with E-state index in [0.717, 1.165) is 21.5 Å². The summed E-state index contributed by atoms with van der Waals surface area (Å²) in [4.78, 5) is 10.3. The summed E-state index contributed by atoms with van der Waals surface area (Å²) in [6, 6.07) is 3.75. The van der Waals surface area contributed by atoms with Crippen molar-refractivity contribution >= 4 is 21.9 Å². The van der Waals surface area contributed by atoms with Gasteiger partial charge in [0.2, 0.25) is 6.79 Å². The lowest BCUT2D eigenvalue weighted by Crippen LogP contribution is -2.17. The van der Waals surface area contributed by atoms with Crippen molar-refractivity contribution in [1.82, 2.24) is 5.32 Å². The average molecular weight is 302 g/mol. The first kappa shape index (κ1) is 12.2. The van der Waals surface area contributed by atoms with Crippen LogP contribution in [0.25, 0.3) is 0 Å². The Morgan fingerprint density at radius 3 is 2.82 bits per heavy atom. The first-order chi connectivity index (χ1) is 8.16. The van der Waals surface area contributed by atoms with E-state index in [1.807, 2.05) is 12.1 Å². The third-order valence-corrected chi connectivity index (χ3v) is 3.11. The van der Waals surface area contributed by atoms with Crippen molar-refractivity contribution in [2.24, 2.45) is 0 Å². The van der Waals surface area contributed by atoms with Crippen molar-refractivity contribution < 1.29 is 19.4 Å². The minimum absolute atomic E-state index is 0.113. The molecule has 0 spiro atoms. The lowest BCUT2D eigenvalue weighted by atomic mass is 10.2. The zero-order chi connectivity index (χ0) is 12.3. The Balaban J connectivity index is 1.94. The fourth-order valence-electron chi connectivity index (χ4n) is 1.51.